The number of hydrogen-bond donors (Lipinski definition) is 1. The molecular weight excluding hydrogens is 202 g/mol. The Kier molecular flexibility index (Phi) is 2.03. The zero-order valence-corrected chi connectivity index (χ0v) is 7.60. The van der Waals surface area contributed by atoms with Gasteiger partial charge in [0.05, 0.1) is 11.5 Å². The number of benzene rings is 1. The molecule has 78 valence electrons. The van der Waals surface area contributed by atoms with Crippen LogP contribution in [0.3, 0.4) is 0 Å². The Morgan fingerprint density at radius 2 is 2.27 bits per heavy atom. The van der Waals surface area contributed by atoms with Crippen LogP contribution in [0.25, 0.3) is 0 Å². The lowest BCUT2D eigenvalue weighted by atomic mass is 10.1. The van der Waals surface area contributed by atoms with Crippen molar-refractivity contribution in [2.24, 2.45) is 0 Å². The molecule has 1 heterocycles. The summed E-state index contributed by atoms with van der Waals surface area (Å²) in [6.45, 7) is 0.440. The number of hydrogen-bond acceptors (Lipinski definition) is 4. The summed E-state index contributed by atoms with van der Waals surface area (Å²) >= 11 is 0. The van der Waals surface area contributed by atoms with Crippen LogP contribution >= 0.6 is 0 Å². The molecule has 1 aromatic carbocycles. The number of nitro groups is 1. The van der Waals surface area contributed by atoms with E-state index in [9.17, 15) is 14.9 Å². The van der Waals surface area contributed by atoms with Crippen LogP contribution in [-0.4, -0.2) is 22.6 Å². The Hall–Kier alpha value is -2.11. The first-order chi connectivity index (χ1) is 7.09. The molecule has 0 amide bonds. The molecule has 6 nitrogen and oxygen atoms in total. The summed E-state index contributed by atoms with van der Waals surface area (Å²) in [4.78, 5) is 20.7. The Balaban J connectivity index is 2.62. The summed E-state index contributed by atoms with van der Waals surface area (Å²) in [5, 5.41) is 19.4. The van der Waals surface area contributed by atoms with Gasteiger partial charge in [-0.15, -0.1) is 0 Å². The van der Waals surface area contributed by atoms with Crippen molar-refractivity contribution in [3.05, 3.63) is 33.4 Å². The van der Waals surface area contributed by atoms with E-state index in [0.717, 1.165) is 0 Å². The molecule has 0 bridgehead atoms. The molecule has 0 fully saturated rings. The Labute approximate surface area is 84.2 Å². The molecule has 15 heavy (non-hydrogen) atoms. The summed E-state index contributed by atoms with van der Waals surface area (Å²) < 4.78 is 5.14. The fraction of sp³-hybridized carbons (Fsp3) is 0.222. The van der Waals surface area contributed by atoms with Crippen LogP contribution in [0.15, 0.2) is 12.1 Å². The summed E-state index contributed by atoms with van der Waals surface area (Å²) in [6, 6.07) is 2.48. The molecule has 0 atom stereocenters. The van der Waals surface area contributed by atoms with Crippen molar-refractivity contribution < 1.29 is 19.6 Å². The molecule has 0 saturated carbocycles. The van der Waals surface area contributed by atoms with Gasteiger partial charge < -0.3 is 9.84 Å². The zero-order chi connectivity index (χ0) is 11.0. The standard InChI is InChI=1S/C9H7NO5/c11-9(12)6-4-8-5(1-2-15-8)3-7(6)10(13)14/h3-4H,1-2H2,(H,11,12). The molecule has 0 aromatic heterocycles. The highest BCUT2D eigenvalue weighted by Crippen LogP contribution is 2.32. The van der Waals surface area contributed by atoms with Crippen molar-refractivity contribution in [1.82, 2.24) is 0 Å². The number of nitro benzene ring substituents is 1. The third-order valence-corrected chi connectivity index (χ3v) is 2.23. The van der Waals surface area contributed by atoms with E-state index in [1.54, 1.807) is 0 Å². The van der Waals surface area contributed by atoms with Crippen LogP contribution in [-0.2, 0) is 6.42 Å². The third-order valence-electron chi connectivity index (χ3n) is 2.23. The number of carbonyl (C=O) groups is 1. The molecule has 0 spiro atoms. The van der Waals surface area contributed by atoms with Gasteiger partial charge in [0.1, 0.15) is 11.3 Å². The maximum absolute atomic E-state index is 10.8. The summed E-state index contributed by atoms with van der Waals surface area (Å²) in [5.41, 5.74) is -0.0286. The molecular formula is C9H7NO5. The van der Waals surface area contributed by atoms with Gasteiger partial charge in [0.25, 0.3) is 5.69 Å². The van der Waals surface area contributed by atoms with Crippen molar-refractivity contribution >= 4 is 11.7 Å². The van der Waals surface area contributed by atoms with Gasteiger partial charge in [-0.05, 0) is 0 Å². The Morgan fingerprint density at radius 1 is 1.53 bits per heavy atom. The second kappa shape index (κ2) is 3.23. The van der Waals surface area contributed by atoms with E-state index in [0.29, 0.717) is 24.3 Å². The van der Waals surface area contributed by atoms with Crippen molar-refractivity contribution in [3.8, 4) is 5.75 Å². The molecule has 0 unspecified atom stereocenters. The first-order valence-electron chi connectivity index (χ1n) is 4.27. The maximum Gasteiger partial charge on any atom is 0.342 e. The van der Waals surface area contributed by atoms with E-state index in [1.165, 1.54) is 12.1 Å². The first-order valence-corrected chi connectivity index (χ1v) is 4.27. The minimum Gasteiger partial charge on any atom is -0.493 e. The highest BCUT2D eigenvalue weighted by molar-refractivity contribution is 5.93. The summed E-state index contributed by atoms with van der Waals surface area (Å²) in [5.74, 6) is -0.891. The van der Waals surface area contributed by atoms with Gasteiger partial charge in [0, 0.05) is 24.1 Å². The molecule has 2 rings (SSSR count). The summed E-state index contributed by atoms with van der Waals surface area (Å²) in [7, 11) is 0. The lowest BCUT2D eigenvalue weighted by Crippen LogP contribution is -2.03. The van der Waals surface area contributed by atoms with Crippen LogP contribution in [0.4, 0.5) is 5.69 Å². The number of carboxylic acids is 1. The molecule has 0 saturated heterocycles. The van der Waals surface area contributed by atoms with E-state index < -0.39 is 10.9 Å². The van der Waals surface area contributed by atoms with E-state index in [4.69, 9.17) is 9.84 Å². The lowest BCUT2D eigenvalue weighted by Gasteiger charge is -2.01. The van der Waals surface area contributed by atoms with Gasteiger partial charge in [0.15, 0.2) is 0 Å². The number of carboxylic acid groups (broad SMARTS) is 1. The van der Waals surface area contributed by atoms with Crippen LogP contribution in [0.5, 0.6) is 5.75 Å². The molecule has 0 aliphatic carbocycles. The summed E-state index contributed by atoms with van der Waals surface area (Å²) in [6.07, 6.45) is 0.579. The third kappa shape index (κ3) is 1.50. The van der Waals surface area contributed by atoms with Crippen molar-refractivity contribution in [3.63, 3.8) is 0 Å². The normalized spacial score (nSPS) is 13.1. The highest BCUT2D eigenvalue weighted by atomic mass is 16.6. The number of rotatable bonds is 2. The smallest absolute Gasteiger partial charge is 0.342 e. The highest BCUT2D eigenvalue weighted by Gasteiger charge is 2.25. The average Bonchev–Trinajstić information content (AvgIpc) is 2.61. The van der Waals surface area contributed by atoms with E-state index in [2.05, 4.69) is 0 Å². The van der Waals surface area contributed by atoms with Gasteiger partial charge >= 0.3 is 5.97 Å². The predicted molar refractivity (Wildman–Crippen MR) is 49.3 cm³/mol. The SMILES string of the molecule is O=C(O)c1cc2c(cc1[N+](=O)[O-])CCO2. The zero-order valence-electron chi connectivity index (χ0n) is 7.60. The monoisotopic (exact) mass is 209 g/mol. The number of fused-ring (bicyclic) bond motifs is 1. The predicted octanol–water partition coefficient (Wildman–Crippen LogP) is 1.23. The molecule has 1 aliphatic rings. The Morgan fingerprint density at radius 3 is 2.87 bits per heavy atom. The van der Waals surface area contributed by atoms with Crippen LogP contribution < -0.4 is 4.74 Å². The molecule has 1 aliphatic heterocycles. The number of aromatic carboxylic acids is 1. The fourth-order valence-corrected chi connectivity index (χ4v) is 1.53. The van der Waals surface area contributed by atoms with Gasteiger partial charge in [0.2, 0.25) is 0 Å². The van der Waals surface area contributed by atoms with E-state index in [1.807, 2.05) is 0 Å². The van der Waals surface area contributed by atoms with Gasteiger partial charge in [-0.3, -0.25) is 10.1 Å². The number of nitrogens with zero attached hydrogens (tertiary/aromatic N) is 1. The fourth-order valence-electron chi connectivity index (χ4n) is 1.53. The minimum absolute atomic E-state index is 0.333. The molecule has 6 heteroatoms. The largest absolute Gasteiger partial charge is 0.493 e. The minimum atomic E-state index is -1.32. The van der Waals surface area contributed by atoms with Crippen molar-refractivity contribution in [2.45, 2.75) is 6.42 Å². The molecule has 1 aromatic rings. The topological polar surface area (TPSA) is 89.7 Å². The van der Waals surface area contributed by atoms with E-state index >= 15 is 0 Å². The van der Waals surface area contributed by atoms with Gasteiger partial charge in [-0.25, -0.2) is 4.79 Å². The van der Waals surface area contributed by atoms with Crippen LogP contribution in [0, 0.1) is 10.1 Å². The molecule has 1 N–H and O–H groups in total. The van der Waals surface area contributed by atoms with Gasteiger partial charge in [-0.2, -0.15) is 0 Å². The van der Waals surface area contributed by atoms with Crippen LogP contribution in [0.2, 0.25) is 0 Å². The number of ether oxygens (including phenoxy) is 1. The first kappa shape index (κ1) is 9.45. The quantitative estimate of drug-likeness (QED) is 0.584. The Bertz CT molecular complexity index is 413. The average molecular weight is 209 g/mol. The van der Waals surface area contributed by atoms with Gasteiger partial charge in [-0.1, -0.05) is 0 Å². The van der Waals surface area contributed by atoms with E-state index in [-0.39, 0.29) is 11.3 Å². The second-order valence-electron chi connectivity index (χ2n) is 3.14. The van der Waals surface area contributed by atoms with Crippen LogP contribution in [0.1, 0.15) is 15.9 Å². The molecule has 0 radical (unpaired) electrons. The van der Waals surface area contributed by atoms with Crippen molar-refractivity contribution in [1.29, 1.82) is 0 Å². The lowest BCUT2D eigenvalue weighted by molar-refractivity contribution is -0.385. The second-order valence-corrected chi connectivity index (χ2v) is 3.14. The maximum atomic E-state index is 10.8. The van der Waals surface area contributed by atoms with Crippen molar-refractivity contribution in [2.75, 3.05) is 6.61 Å².